The highest BCUT2D eigenvalue weighted by Gasteiger charge is 2.32. The monoisotopic (exact) mass is 517 g/mol. The summed E-state index contributed by atoms with van der Waals surface area (Å²) in [6, 6.07) is 8.86. The number of nitrogens with one attached hydrogen (secondary N) is 1. The molecular formula is C33H45N2O3+. The van der Waals surface area contributed by atoms with Crippen LogP contribution >= 0.6 is 0 Å². The molecule has 1 N–H and O–H groups in total. The number of aryl methyl sites for hydroxylation is 3. The van der Waals surface area contributed by atoms with Crippen molar-refractivity contribution in [1.29, 1.82) is 0 Å². The standard InChI is InChI=1S/C33H44N2O3/c1-4-6-8-10-11-12-14-26-25-15-16-29(36-3)32(34-18-13-9-7-5-2)28(25)22-35-19-17-24-20-30-31(38-23-37-30)21-27(24)33(26)35/h15-16,20-22H,4-14,17-19,23H2,1-3H3/p+1. The van der Waals surface area contributed by atoms with E-state index in [2.05, 4.69) is 54.2 Å². The molecule has 0 atom stereocenters. The van der Waals surface area contributed by atoms with Crippen LogP contribution in [0.2, 0.25) is 0 Å². The molecule has 0 saturated carbocycles. The van der Waals surface area contributed by atoms with Gasteiger partial charge in [0.25, 0.3) is 0 Å². The van der Waals surface area contributed by atoms with E-state index >= 15 is 0 Å². The van der Waals surface area contributed by atoms with E-state index in [1.54, 1.807) is 7.11 Å². The number of nitrogens with zero attached hydrogens (tertiary/aromatic N) is 1. The molecule has 0 saturated heterocycles. The van der Waals surface area contributed by atoms with E-state index in [4.69, 9.17) is 14.2 Å². The number of fused-ring (bicyclic) bond motifs is 5. The summed E-state index contributed by atoms with van der Waals surface area (Å²) in [5, 5.41) is 6.38. The van der Waals surface area contributed by atoms with E-state index in [0.717, 1.165) is 48.9 Å². The normalized spacial score (nSPS) is 13.4. The fourth-order valence-electron chi connectivity index (χ4n) is 6.12. The van der Waals surface area contributed by atoms with Crippen molar-refractivity contribution < 1.29 is 18.8 Å². The molecule has 5 nitrogen and oxygen atoms in total. The molecule has 2 aliphatic heterocycles. The maximum atomic E-state index is 5.86. The Labute approximate surface area is 228 Å². The van der Waals surface area contributed by atoms with Crippen LogP contribution in [0.25, 0.3) is 22.0 Å². The Morgan fingerprint density at radius 3 is 2.39 bits per heavy atom. The highest BCUT2D eigenvalue weighted by molar-refractivity contribution is 6.00. The average molecular weight is 518 g/mol. The Bertz CT molecular complexity index is 1250. The van der Waals surface area contributed by atoms with Crippen LogP contribution in [0, 0.1) is 0 Å². The maximum Gasteiger partial charge on any atom is 0.231 e. The third-order valence-corrected chi connectivity index (χ3v) is 8.20. The van der Waals surface area contributed by atoms with Gasteiger partial charge in [0, 0.05) is 18.5 Å². The lowest BCUT2D eigenvalue weighted by Crippen LogP contribution is -2.41. The molecule has 1 aromatic heterocycles. The Morgan fingerprint density at radius 1 is 0.868 bits per heavy atom. The third-order valence-electron chi connectivity index (χ3n) is 8.20. The molecule has 0 bridgehead atoms. The SMILES string of the molecule is CCCCCCCCc1c2[n+](cc3c(NCCCCCC)c(OC)ccc13)CCc1cc3c(cc1-2)OCO3. The predicted molar refractivity (Wildman–Crippen MR) is 156 cm³/mol. The number of hydrogen-bond acceptors (Lipinski definition) is 4. The van der Waals surface area contributed by atoms with Gasteiger partial charge in [-0.2, -0.15) is 4.57 Å². The number of pyridine rings is 1. The van der Waals surface area contributed by atoms with Crippen molar-refractivity contribution >= 4 is 16.5 Å². The van der Waals surface area contributed by atoms with Crippen LogP contribution in [0.4, 0.5) is 5.69 Å². The zero-order valence-corrected chi connectivity index (χ0v) is 23.7. The molecule has 2 aliphatic rings. The van der Waals surface area contributed by atoms with E-state index in [0.29, 0.717) is 6.79 Å². The number of methoxy groups -OCH3 is 1. The van der Waals surface area contributed by atoms with Gasteiger partial charge in [0.15, 0.2) is 24.2 Å². The highest BCUT2D eigenvalue weighted by atomic mass is 16.7. The van der Waals surface area contributed by atoms with Gasteiger partial charge in [-0.05, 0) is 54.5 Å². The van der Waals surface area contributed by atoms with Crippen LogP contribution in [0.1, 0.15) is 89.2 Å². The second kappa shape index (κ2) is 12.7. The number of hydrogen-bond donors (Lipinski definition) is 1. The van der Waals surface area contributed by atoms with Gasteiger partial charge in [0.1, 0.15) is 5.75 Å². The Kier molecular flexibility index (Phi) is 8.93. The summed E-state index contributed by atoms with van der Waals surface area (Å²) in [5.74, 6) is 2.68. The zero-order valence-electron chi connectivity index (χ0n) is 23.7. The predicted octanol–water partition coefficient (Wildman–Crippen LogP) is 7.98. The van der Waals surface area contributed by atoms with E-state index < -0.39 is 0 Å². The first-order valence-electron chi connectivity index (χ1n) is 15.0. The van der Waals surface area contributed by atoms with Crippen molar-refractivity contribution in [3.05, 3.63) is 41.6 Å². The Morgan fingerprint density at radius 2 is 1.61 bits per heavy atom. The van der Waals surface area contributed by atoms with Crippen LogP contribution in [0.15, 0.2) is 30.5 Å². The molecule has 0 fully saturated rings. The van der Waals surface area contributed by atoms with Crippen LogP contribution in [0.3, 0.4) is 0 Å². The van der Waals surface area contributed by atoms with Crippen LogP contribution in [-0.2, 0) is 19.4 Å². The fourth-order valence-corrected chi connectivity index (χ4v) is 6.12. The number of anilines is 1. The summed E-state index contributed by atoms with van der Waals surface area (Å²) in [5.41, 5.74) is 6.60. The lowest BCUT2D eigenvalue weighted by molar-refractivity contribution is -0.686. The van der Waals surface area contributed by atoms with Crippen molar-refractivity contribution in [3.63, 3.8) is 0 Å². The smallest absolute Gasteiger partial charge is 0.231 e. The van der Waals surface area contributed by atoms with Gasteiger partial charge in [-0.3, -0.25) is 0 Å². The molecule has 204 valence electrons. The average Bonchev–Trinajstić information content (AvgIpc) is 3.40. The largest absolute Gasteiger partial charge is 0.495 e. The number of rotatable bonds is 14. The summed E-state index contributed by atoms with van der Waals surface area (Å²) in [6.45, 7) is 6.79. The van der Waals surface area contributed by atoms with Crippen molar-refractivity contribution in [1.82, 2.24) is 0 Å². The van der Waals surface area contributed by atoms with Gasteiger partial charge in [-0.25, -0.2) is 0 Å². The topological polar surface area (TPSA) is 43.6 Å². The van der Waals surface area contributed by atoms with E-state index in [9.17, 15) is 0 Å². The molecule has 5 rings (SSSR count). The molecule has 2 aromatic carbocycles. The molecule has 0 amide bonds. The zero-order chi connectivity index (χ0) is 26.3. The third kappa shape index (κ3) is 5.57. The molecule has 0 radical (unpaired) electrons. The quantitative estimate of drug-likeness (QED) is 0.174. The number of ether oxygens (including phenoxy) is 3. The van der Waals surface area contributed by atoms with Gasteiger partial charge >= 0.3 is 0 Å². The summed E-state index contributed by atoms with van der Waals surface area (Å²) < 4.78 is 19.9. The number of aromatic nitrogens is 1. The van der Waals surface area contributed by atoms with Crippen LogP contribution < -0.4 is 24.1 Å². The lowest BCUT2D eigenvalue weighted by Gasteiger charge is -2.22. The number of benzene rings is 2. The molecule has 0 spiro atoms. The Hall–Kier alpha value is -2.95. The second-order valence-electron chi connectivity index (χ2n) is 10.9. The minimum Gasteiger partial charge on any atom is -0.495 e. The van der Waals surface area contributed by atoms with E-state index in [1.165, 1.54) is 97.4 Å². The first kappa shape index (κ1) is 26.6. The molecule has 0 aliphatic carbocycles. The van der Waals surface area contributed by atoms with Gasteiger partial charge in [0.2, 0.25) is 12.5 Å². The van der Waals surface area contributed by atoms with Gasteiger partial charge < -0.3 is 19.5 Å². The van der Waals surface area contributed by atoms with Crippen molar-refractivity contribution in [2.75, 3.05) is 25.8 Å². The molecular weight excluding hydrogens is 472 g/mol. The van der Waals surface area contributed by atoms with Gasteiger partial charge in [-0.1, -0.05) is 65.2 Å². The summed E-state index contributed by atoms with van der Waals surface area (Å²) in [6.07, 6.45) is 17.2. The van der Waals surface area contributed by atoms with E-state index in [1.807, 2.05) is 0 Å². The van der Waals surface area contributed by atoms with Gasteiger partial charge in [0.05, 0.1) is 23.7 Å². The lowest BCUT2D eigenvalue weighted by atomic mass is 9.89. The van der Waals surface area contributed by atoms with Crippen molar-refractivity contribution in [2.45, 2.75) is 97.4 Å². The minimum atomic E-state index is 0.313. The Balaban J connectivity index is 1.56. The molecule has 5 heteroatoms. The maximum absolute atomic E-state index is 5.86. The summed E-state index contributed by atoms with van der Waals surface area (Å²) >= 11 is 0. The van der Waals surface area contributed by atoms with Crippen molar-refractivity contribution in [3.8, 4) is 28.5 Å². The first-order valence-corrected chi connectivity index (χ1v) is 15.0. The molecule has 3 aromatic rings. The number of unbranched alkanes of at least 4 members (excludes halogenated alkanes) is 8. The van der Waals surface area contributed by atoms with Crippen LogP contribution in [-0.4, -0.2) is 20.4 Å². The second-order valence-corrected chi connectivity index (χ2v) is 10.9. The van der Waals surface area contributed by atoms with E-state index in [-0.39, 0.29) is 0 Å². The molecule has 38 heavy (non-hydrogen) atoms. The summed E-state index contributed by atoms with van der Waals surface area (Å²) in [7, 11) is 1.78. The first-order chi connectivity index (χ1) is 18.7. The highest BCUT2D eigenvalue weighted by Crippen LogP contribution is 2.43. The van der Waals surface area contributed by atoms with Crippen molar-refractivity contribution in [2.24, 2.45) is 0 Å². The van der Waals surface area contributed by atoms with Gasteiger partial charge in [-0.15, -0.1) is 0 Å². The summed E-state index contributed by atoms with van der Waals surface area (Å²) in [4.78, 5) is 0. The molecule has 3 heterocycles. The minimum absolute atomic E-state index is 0.313. The van der Waals surface area contributed by atoms with Crippen LogP contribution in [0.5, 0.6) is 17.2 Å². The fraction of sp³-hybridized carbons (Fsp3) is 0.545. The molecule has 0 unspecified atom stereocenters.